The molecule has 0 aliphatic carbocycles. The third-order valence-corrected chi connectivity index (χ3v) is 13.2. The summed E-state index contributed by atoms with van der Waals surface area (Å²) in [6.45, 7) is 15.5. The van der Waals surface area contributed by atoms with Gasteiger partial charge in [-0.15, -0.1) is 0 Å². The molecule has 0 saturated heterocycles. The van der Waals surface area contributed by atoms with Gasteiger partial charge in [0.1, 0.15) is 12.2 Å². The summed E-state index contributed by atoms with van der Waals surface area (Å²) in [4.78, 5) is 40.7. The van der Waals surface area contributed by atoms with Crippen molar-refractivity contribution in [3.05, 3.63) is 35.9 Å². The number of benzene rings is 1. The van der Waals surface area contributed by atoms with Crippen molar-refractivity contribution in [3.8, 4) is 0 Å². The van der Waals surface area contributed by atoms with Crippen LogP contribution in [-0.2, 0) is 35.2 Å². The summed E-state index contributed by atoms with van der Waals surface area (Å²) >= 11 is 0. The third kappa shape index (κ3) is 38.2. The van der Waals surface area contributed by atoms with Gasteiger partial charge in [-0.3, -0.25) is 14.4 Å². The summed E-state index contributed by atoms with van der Waals surface area (Å²) in [6, 6.07) is 9.97. The molecule has 378 valence electrons. The number of esters is 2. The zero-order valence-corrected chi connectivity index (χ0v) is 43.3. The van der Waals surface area contributed by atoms with Crippen LogP contribution in [0.4, 0.5) is 0 Å². The van der Waals surface area contributed by atoms with Crippen LogP contribution in [0.2, 0.25) is 0 Å². The van der Waals surface area contributed by atoms with E-state index in [9.17, 15) is 14.4 Å². The highest BCUT2D eigenvalue weighted by Gasteiger charge is 2.16. The van der Waals surface area contributed by atoms with Crippen LogP contribution in [0.5, 0.6) is 0 Å². The molecule has 0 aliphatic heterocycles. The van der Waals surface area contributed by atoms with Crippen LogP contribution in [0.3, 0.4) is 0 Å². The second-order valence-electron chi connectivity index (χ2n) is 19.3. The first-order valence-electron chi connectivity index (χ1n) is 27.8. The van der Waals surface area contributed by atoms with Gasteiger partial charge in [-0.05, 0) is 102 Å². The standard InChI is InChI=1S/C57H104N2O6/c1-6-10-14-16-20-29-40-54(41-30-21-17-15-11-7-2)65-56(61)43-32-23-19-25-34-47-59(48-35-45-58-57(62)51(5)64-50-53-38-27-26-28-39-53)46-33-24-18-22-31-42-55(60)63-49-44-52(36-12-8-3)37-13-9-4/h26-28,38-39,51-52,54H,6-25,29-37,40-50H2,1-5H3,(H,58,62). The topological polar surface area (TPSA) is 94.2 Å². The summed E-state index contributed by atoms with van der Waals surface area (Å²) in [7, 11) is 0. The van der Waals surface area contributed by atoms with Gasteiger partial charge in [-0.1, -0.05) is 199 Å². The molecule has 0 aliphatic rings. The van der Waals surface area contributed by atoms with Crippen LogP contribution in [-0.4, -0.2) is 67.7 Å². The maximum absolute atomic E-state index is 12.9. The van der Waals surface area contributed by atoms with Gasteiger partial charge in [0.05, 0.1) is 13.2 Å². The zero-order valence-electron chi connectivity index (χ0n) is 43.3. The summed E-state index contributed by atoms with van der Waals surface area (Å²) in [5.74, 6) is 0.603. The van der Waals surface area contributed by atoms with Crippen LogP contribution >= 0.6 is 0 Å². The number of carbonyl (C=O) groups is 3. The average molecular weight is 913 g/mol. The molecule has 8 heteroatoms. The first-order chi connectivity index (χ1) is 31.8. The molecule has 0 heterocycles. The van der Waals surface area contributed by atoms with Crippen molar-refractivity contribution in [2.24, 2.45) is 5.92 Å². The molecule has 0 bridgehead atoms. The molecule has 0 aromatic heterocycles. The van der Waals surface area contributed by atoms with Gasteiger partial charge in [-0.2, -0.15) is 0 Å². The molecule has 8 nitrogen and oxygen atoms in total. The molecule has 1 atom stereocenters. The fraction of sp³-hybridized carbons (Fsp3) is 0.842. The van der Waals surface area contributed by atoms with E-state index in [1.807, 2.05) is 37.3 Å². The van der Waals surface area contributed by atoms with Gasteiger partial charge in [0.15, 0.2) is 0 Å². The highest BCUT2D eigenvalue weighted by Crippen LogP contribution is 2.21. The first-order valence-corrected chi connectivity index (χ1v) is 27.8. The third-order valence-electron chi connectivity index (χ3n) is 13.2. The molecule has 1 rings (SSSR count). The lowest BCUT2D eigenvalue weighted by atomic mass is 9.93. The van der Waals surface area contributed by atoms with E-state index in [0.29, 0.717) is 38.5 Å². The number of rotatable bonds is 48. The first kappa shape index (κ1) is 60.6. The van der Waals surface area contributed by atoms with Crippen LogP contribution in [0.15, 0.2) is 30.3 Å². The van der Waals surface area contributed by atoms with Gasteiger partial charge >= 0.3 is 11.9 Å². The number of nitrogens with one attached hydrogen (secondary N) is 1. The minimum Gasteiger partial charge on any atom is -0.466 e. The Bertz CT molecular complexity index is 1190. The fourth-order valence-corrected chi connectivity index (χ4v) is 8.78. The van der Waals surface area contributed by atoms with Crippen molar-refractivity contribution in [2.45, 2.75) is 272 Å². The summed E-state index contributed by atoms with van der Waals surface area (Å²) in [6.07, 6.45) is 38.2. The quantitative estimate of drug-likeness (QED) is 0.0514. The SMILES string of the molecule is CCCCCCCCC(CCCCCCCC)OC(=O)CCCCCCCN(CCCCCCCC(=O)OCCC(CCCC)CCCC)CCCNC(=O)C(C)OCc1ccccc1. The molecule has 1 unspecified atom stereocenters. The van der Waals surface area contributed by atoms with Gasteiger partial charge < -0.3 is 24.4 Å². The van der Waals surface area contributed by atoms with Gasteiger partial charge in [0, 0.05) is 19.4 Å². The summed E-state index contributed by atoms with van der Waals surface area (Å²) in [5, 5.41) is 3.09. The monoisotopic (exact) mass is 913 g/mol. The largest absolute Gasteiger partial charge is 0.466 e. The predicted octanol–water partition coefficient (Wildman–Crippen LogP) is 15.4. The van der Waals surface area contributed by atoms with E-state index in [-0.39, 0.29) is 23.9 Å². The molecule has 0 fully saturated rings. The highest BCUT2D eigenvalue weighted by molar-refractivity contribution is 5.80. The Morgan fingerprint density at radius 3 is 1.55 bits per heavy atom. The molecule has 1 aromatic rings. The zero-order chi connectivity index (χ0) is 47.3. The average Bonchev–Trinajstić information content (AvgIpc) is 3.31. The Hall–Kier alpha value is -2.45. The van der Waals surface area contributed by atoms with Crippen molar-refractivity contribution in [1.29, 1.82) is 0 Å². The van der Waals surface area contributed by atoms with Gasteiger partial charge in [0.25, 0.3) is 0 Å². The normalized spacial score (nSPS) is 12.1. The number of amides is 1. The van der Waals surface area contributed by atoms with Crippen molar-refractivity contribution in [2.75, 3.05) is 32.8 Å². The number of hydrogen-bond donors (Lipinski definition) is 1. The predicted molar refractivity (Wildman–Crippen MR) is 274 cm³/mol. The molecule has 65 heavy (non-hydrogen) atoms. The lowest BCUT2D eigenvalue weighted by Crippen LogP contribution is -2.36. The maximum atomic E-state index is 12.9. The number of hydrogen-bond acceptors (Lipinski definition) is 7. The Kier molecular flexibility index (Phi) is 42.2. The molecular formula is C57H104N2O6. The van der Waals surface area contributed by atoms with E-state index in [4.69, 9.17) is 14.2 Å². The van der Waals surface area contributed by atoms with E-state index in [0.717, 1.165) is 115 Å². The molecule has 0 saturated carbocycles. The lowest BCUT2D eigenvalue weighted by Gasteiger charge is -2.23. The van der Waals surface area contributed by atoms with Crippen LogP contribution < -0.4 is 5.32 Å². The fourth-order valence-electron chi connectivity index (χ4n) is 8.78. The lowest BCUT2D eigenvalue weighted by molar-refractivity contribution is -0.150. The molecule has 0 radical (unpaired) electrons. The number of unbranched alkanes of at least 4 members (excludes halogenated alkanes) is 20. The van der Waals surface area contributed by atoms with Crippen molar-refractivity contribution < 1.29 is 28.6 Å². The summed E-state index contributed by atoms with van der Waals surface area (Å²) in [5.41, 5.74) is 1.06. The Labute approximate surface area is 401 Å². The molecular weight excluding hydrogens is 809 g/mol. The molecule has 1 aromatic carbocycles. The minimum absolute atomic E-state index is 0.00587. The van der Waals surface area contributed by atoms with Crippen LogP contribution in [0, 0.1) is 5.92 Å². The van der Waals surface area contributed by atoms with Crippen LogP contribution in [0.1, 0.15) is 258 Å². The second-order valence-corrected chi connectivity index (χ2v) is 19.3. The molecule has 1 N–H and O–H groups in total. The Morgan fingerprint density at radius 2 is 1.00 bits per heavy atom. The number of ether oxygens (including phenoxy) is 3. The summed E-state index contributed by atoms with van der Waals surface area (Å²) < 4.78 is 17.6. The van der Waals surface area contributed by atoms with Crippen molar-refractivity contribution >= 4 is 17.8 Å². The second kappa shape index (κ2) is 45.3. The van der Waals surface area contributed by atoms with Crippen molar-refractivity contribution in [1.82, 2.24) is 10.2 Å². The van der Waals surface area contributed by atoms with E-state index in [1.54, 1.807) is 0 Å². The van der Waals surface area contributed by atoms with E-state index in [2.05, 4.69) is 37.9 Å². The van der Waals surface area contributed by atoms with Crippen molar-refractivity contribution in [3.63, 3.8) is 0 Å². The minimum atomic E-state index is -0.495. The van der Waals surface area contributed by atoms with Crippen LogP contribution in [0.25, 0.3) is 0 Å². The number of carbonyl (C=O) groups excluding carboxylic acids is 3. The number of nitrogens with zero attached hydrogens (tertiary/aromatic N) is 1. The Balaban J connectivity index is 2.45. The maximum Gasteiger partial charge on any atom is 0.306 e. The molecule has 0 spiro atoms. The van der Waals surface area contributed by atoms with Gasteiger partial charge in [-0.25, -0.2) is 0 Å². The van der Waals surface area contributed by atoms with Gasteiger partial charge in [0.2, 0.25) is 5.91 Å². The van der Waals surface area contributed by atoms with E-state index in [1.165, 1.54) is 116 Å². The van der Waals surface area contributed by atoms with E-state index >= 15 is 0 Å². The smallest absolute Gasteiger partial charge is 0.306 e. The molecule has 1 amide bonds. The Morgan fingerprint density at radius 1 is 0.523 bits per heavy atom. The highest BCUT2D eigenvalue weighted by atomic mass is 16.5. The van der Waals surface area contributed by atoms with E-state index < -0.39 is 6.10 Å².